The highest BCUT2D eigenvalue weighted by Crippen LogP contribution is 2.33. The minimum absolute atomic E-state index is 0. The van der Waals surface area contributed by atoms with Crippen molar-refractivity contribution in [2.75, 3.05) is 7.11 Å². The summed E-state index contributed by atoms with van der Waals surface area (Å²) in [6, 6.07) is 13.2. The van der Waals surface area contributed by atoms with Gasteiger partial charge in [0.05, 0.1) is 18.9 Å². The van der Waals surface area contributed by atoms with E-state index in [1.54, 1.807) is 13.3 Å². The molecule has 0 spiro atoms. The molecule has 1 saturated carbocycles. The van der Waals surface area contributed by atoms with Gasteiger partial charge in [-0.05, 0) is 55.7 Å². The summed E-state index contributed by atoms with van der Waals surface area (Å²) in [5.74, 6) is 2.27. The predicted molar refractivity (Wildman–Crippen MR) is 109 cm³/mol. The summed E-state index contributed by atoms with van der Waals surface area (Å²) in [4.78, 5) is 9.16. The molecule has 1 fully saturated rings. The number of rotatable bonds is 4. The van der Waals surface area contributed by atoms with Crippen LogP contribution in [0.1, 0.15) is 31.0 Å². The Hall–Kier alpha value is -2.48. The molecule has 2 heterocycles. The van der Waals surface area contributed by atoms with Crippen LogP contribution in [0.4, 0.5) is 0 Å². The molecular weight excluding hydrogens is 378 g/mol. The van der Waals surface area contributed by atoms with E-state index >= 15 is 0 Å². The van der Waals surface area contributed by atoms with Crippen molar-refractivity contribution in [3.8, 4) is 23.0 Å². The SMILES string of the molecule is COc1ccc(-n2nc(-c3ccccn3)nc2[C@H]2CC[C@@H](N)[C@H](O)C2)cc1.Cl. The van der Waals surface area contributed by atoms with Crippen molar-refractivity contribution < 1.29 is 9.84 Å². The van der Waals surface area contributed by atoms with Crippen LogP contribution < -0.4 is 10.5 Å². The maximum Gasteiger partial charge on any atom is 0.200 e. The second kappa shape index (κ2) is 8.68. The van der Waals surface area contributed by atoms with Crippen LogP contribution in [0.5, 0.6) is 5.75 Å². The number of pyridine rings is 1. The van der Waals surface area contributed by atoms with E-state index in [9.17, 15) is 5.11 Å². The lowest BCUT2D eigenvalue weighted by Crippen LogP contribution is -2.40. The summed E-state index contributed by atoms with van der Waals surface area (Å²) < 4.78 is 7.09. The summed E-state index contributed by atoms with van der Waals surface area (Å²) in [5.41, 5.74) is 7.59. The van der Waals surface area contributed by atoms with Crippen molar-refractivity contribution in [3.63, 3.8) is 0 Å². The van der Waals surface area contributed by atoms with Crippen LogP contribution in [-0.4, -0.2) is 44.1 Å². The molecule has 0 amide bonds. The highest BCUT2D eigenvalue weighted by Gasteiger charge is 2.31. The molecule has 7 nitrogen and oxygen atoms in total. The summed E-state index contributed by atoms with van der Waals surface area (Å²) >= 11 is 0. The fourth-order valence-corrected chi connectivity index (χ4v) is 3.51. The van der Waals surface area contributed by atoms with Crippen molar-refractivity contribution in [1.29, 1.82) is 0 Å². The Balaban J connectivity index is 0.00000225. The second-order valence-electron chi connectivity index (χ2n) is 6.86. The van der Waals surface area contributed by atoms with Gasteiger partial charge in [0.1, 0.15) is 17.3 Å². The van der Waals surface area contributed by atoms with Crippen LogP contribution in [0.15, 0.2) is 48.7 Å². The maximum absolute atomic E-state index is 10.3. The highest BCUT2D eigenvalue weighted by molar-refractivity contribution is 5.85. The number of ether oxygens (including phenoxy) is 1. The second-order valence-corrected chi connectivity index (χ2v) is 6.86. The lowest BCUT2D eigenvalue weighted by molar-refractivity contribution is 0.0961. The Kier molecular flexibility index (Phi) is 6.28. The molecule has 1 aliphatic rings. The van der Waals surface area contributed by atoms with Crippen LogP contribution in [0, 0.1) is 0 Å². The van der Waals surface area contributed by atoms with Crippen molar-refractivity contribution >= 4 is 12.4 Å². The molecule has 1 aromatic carbocycles. The normalized spacial score (nSPS) is 21.8. The van der Waals surface area contributed by atoms with Gasteiger partial charge < -0.3 is 15.6 Å². The monoisotopic (exact) mass is 401 g/mol. The fourth-order valence-electron chi connectivity index (χ4n) is 3.51. The third kappa shape index (κ3) is 4.01. The molecule has 1 aliphatic carbocycles. The topological polar surface area (TPSA) is 99.1 Å². The van der Waals surface area contributed by atoms with E-state index < -0.39 is 6.10 Å². The van der Waals surface area contributed by atoms with Gasteiger partial charge >= 0.3 is 0 Å². The van der Waals surface area contributed by atoms with E-state index in [1.165, 1.54) is 0 Å². The van der Waals surface area contributed by atoms with Gasteiger partial charge in [0, 0.05) is 18.2 Å². The number of hydrogen-bond donors (Lipinski definition) is 2. The van der Waals surface area contributed by atoms with Gasteiger partial charge in [-0.2, -0.15) is 0 Å². The average molecular weight is 402 g/mol. The van der Waals surface area contributed by atoms with Gasteiger partial charge in [-0.3, -0.25) is 4.98 Å². The Labute approximate surface area is 170 Å². The largest absolute Gasteiger partial charge is 0.497 e. The molecule has 28 heavy (non-hydrogen) atoms. The van der Waals surface area contributed by atoms with Crippen molar-refractivity contribution in [2.24, 2.45) is 5.73 Å². The standard InChI is InChI=1S/C20H23N5O2.ClH/c1-27-15-8-6-14(7-9-15)25-20(13-5-10-16(21)18(26)12-13)23-19(24-25)17-4-2-3-11-22-17;/h2-4,6-9,11,13,16,18,26H,5,10,12,21H2,1H3;1H/t13-,16+,18+;/m0./s1. The molecule has 8 heteroatoms. The van der Waals surface area contributed by atoms with Crippen LogP contribution in [-0.2, 0) is 0 Å². The van der Waals surface area contributed by atoms with Gasteiger partial charge in [0.25, 0.3) is 0 Å². The first kappa shape index (κ1) is 20.3. The van der Waals surface area contributed by atoms with Gasteiger partial charge in [-0.15, -0.1) is 17.5 Å². The molecule has 0 saturated heterocycles. The molecule has 0 aliphatic heterocycles. The van der Waals surface area contributed by atoms with Crippen molar-refractivity contribution in [3.05, 3.63) is 54.5 Å². The zero-order valence-electron chi connectivity index (χ0n) is 15.6. The number of nitrogens with two attached hydrogens (primary N) is 1. The highest BCUT2D eigenvalue weighted by atomic mass is 35.5. The molecule has 3 aromatic rings. The lowest BCUT2D eigenvalue weighted by Gasteiger charge is -2.30. The van der Waals surface area contributed by atoms with E-state index in [2.05, 4.69) is 4.98 Å². The smallest absolute Gasteiger partial charge is 0.200 e. The molecule has 0 bridgehead atoms. The number of aromatic nitrogens is 4. The van der Waals surface area contributed by atoms with Gasteiger partial charge in [0.15, 0.2) is 5.82 Å². The van der Waals surface area contributed by atoms with Crippen LogP contribution in [0.25, 0.3) is 17.2 Å². The quantitative estimate of drug-likeness (QED) is 0.697. The fraction of sp³-hybridized carbons (Fsp3) is 0.350. The first-order chi connectivity index (χ1) is 13.2. The lowest BCUT2D eigenvalue weighted by atomic mass is 9.84. The molecule has 3 N–H and O–H groups in total. The van der Waals surface area contributed by atoms with Gasteiger partial charge in [-0.25, -0.2) is 9.67 Å². The summed E-state index contributed by atoms with van der Waals surface area (Å²) in [6.07, 6.45) is 3.42. The molecular formula is C20H24ClN5O2. The van der Waals surface area contributed by atoms with Gasteiger partial charge in [-0.1, -0.05) is 6.07 Å². The minimum atomic E-state index is -0.525. The summed E-state index contributed by atoms with van der Waals surface area (Å²) in [7, 11) is 1.64. The molecule has 2 aromatic heterocycles. The van der Waals surface area contributed by atoms with Crippen LogP contribution in [0.2, 0.25) is 0 Å². The van der Waals surface area contributed by atoms with E-state index in [4.69, 9.17) is 20.6 Å². The predicted octanol–water partition coefficient (Wildman–Crippen LogP) is 2.72. The first-order valence-electron chi connectivity index (χ1n) is 9.12. The van der Waals surface area contributed by atoms with Crippen molar-refractivity contribution in [2.45, 2.75) is 37.3 Å². The Morgan fingerprint density at radius 3 is 2.57 bits per heavy atom. The van der Waals surface area contributed by atoms with Crippen LogP contribution >= 0.6 is 12.4 Å². The van der Waals surface area contributed by atoms with Crippen LogP contribution in [0.3, 0.4) is 0 Å². The van der Waals surface area contributed by atoms with E-state index in [0.717, 1.165) is 35.8 Å². The zero-order chi connectivity index (χ0) is 18.8. The minimum Gasteiger partial charge on any atom is -0.497 e. The Morgan fingerprint density at radius 2 is 1.93 bits per heavy atom. The average Bonchev–Trinajstić information content (AvgIpc) is 3.16. The number of methoxy groups -OCH3 is 1. The molecule has 148 valence electrons. The molecule has 0 radical (unpaired) electrons. The molecule has 3 atom stereocenters. The number of benzene rings is 1. The molecule has 0 unspecified atom stereocenters. The summed E-state index contributed by atoms with van der Waals surface area (Å²) in [5, 5.41) is 15.0. The number of aliphatic hydroxyl groups excluding tert-OH is 1. The van der Waals surface area contributed by atoms with E-state index in [-0.39, 0.29) is 24.4 Å². The maximum atomic E-state index is 10.3. The zero-order valence-corrected chi connectivity index (χ0v) is 16.4. The number of nitrogens with zero attached hydrogens (tertiary/aromatic N) is 4. The van der Waals surface area contributed by atoms with Crippen molar-refractivity contribution in [1.82, 2.24) is 19.7 Å². The number of aliphatic hydroxyl groups is 1. The number of halogens is 1. The Morgan fingerprint density at radius 1 is 1.14 bits per heavy atom. The first-order valence-corrected chi connectivity index (χ1v) is 9.12. The van der Waals surface area contributed by atoms with E-state index in [0.29, 0.717) is 12.2 Å². The van der Waals surface area contributed by atoms with Gasteiger partial charge in [0.2, 0.25) is 0 Å². The summed E-state index contributed by atoms with van der Waals surface area (Å²) in [6.45, 7) is 0. The number of hydrogen-bond acceptors (Lipinski definition) is 6. The third-order valence-corrected chi connectivity index (χ3v) is 5.08. The Bertz CT molecular complexity index is 901. The van der Waals surface area contributed by atoms with E-state index in [1.807, 2.05) is 47.1 Å². The molecule has 4 rings (SSSR count). The third-order valence-electron chi connectivity index (χ3n) is 5.08.